The highest BCUT2D eigenvalue weighted by molar-refractivity contribution is 5.84. The average Bonchev–Trinajstić information content (AvgIpc) is 3.33. The fraction of sp³-hybridized carbons (Fsp3) is 0.556. The lowest BCUT2D eigenvalue weighted by molar-refractivity contribution is -0.140. The number of carbonyl (C=O) groups excluding carboxylic acids is 1. The molecule has 0 saturated heterocycles. The van der Waals surface area contributed by atoms with Gasteiger partial charge in [-0.15, -0.1) is 0 Å². The smallest absolute Gasteiger partial charge is 0.416 e. The zero-order chi connectivity index (χ0) is 18.8. The van der Waals surface area contributed by atoms with Gasteiger partial charge in [0, 0.05) is 11.5 Å². The molecule has 1 aromatic rings. The fourth-order valence-corrected chi connectivity index (χ4v) is 3.14. The summed E-state index contributed by atoms with van der Waals surface area (Å²) >= 11 is 0. The Balaban J connectivity index is 2.02. The van der Waals surface area contributed by atoms with Gasteiger partial charge in [0.15, 0.2) is 0 Å². The summed E-state index contributed by atoms with van der Waals surface area (Å²) in [7, 11) is 0. The van der Waals surface area contributed by atoms with E-state index in [1.807, 2.05) is 13.8 Å². The molecule has 138 valence electrons. The molecule has 1 amide bonds. The Morgan fingerprint density at radius 2 is 1.72 bits per heavy atom. The zero-order valence-electron chi connectivity index (χ0n) is 14.2. The van der Waals surface area contributed by atoms with Crippen LogP contribution in [0.15, 0.2) is 24.3 Å². The Labute approximate surface area is 144 Å². The van der Waals surface area contributed by atoms with E-state index in [0.717, 1.165) is 12.1 Å². The summed E-state index contributed by atoms with van der Waals surface area (Å²) in [5.74, 6) is -1.63. The van der Waals surface area contributed by atoms with Crippen LogP contribution in [0.4, 0.5) is 13.2 Å². The number of hydrogen-bond donors (Lipinski definition) is 2. The van der Waals surface area contributed by atoms with Crippen LogP contribution < -0.4 is 5.32 Å². The maximum atomic E-state index is 12.6. The number of rotatable bonds is 7. The molecule has 25 heavy (non-hydrogen) atoms. The van der Waals surface area contributed by atoms with Gasteiger partial charge in [-0.1, -0.05) is 26.0 Å². The van der Waals surface area contributed by atoms with E-state index in [0.29, 0.717) is 24.8 Å². The standard InChI is InChI=1S/C18H22F3NO3/c1-3-17(4-2,10-15(23)24)22-16(25)14-9-13(14)11-5-7-12(8-6-11)18(19,20)21/h5-8,13-14H,3-4,9-10H2,1-2H3,(H,22,25)(H,23,24). The van der Waals surface area contributed by atoms with Crippen LogP contribution in [0.2, 0.25) is 0 Å². The Hall–Kier alpha value is -2.05. The highest BCUT2D eigenvalue weighted by Crippen LogP contribution is 2.48. The van der Waals surface area contributed by atoms with Crippen LogP contribution in [0.3, 0.4) is 0 Å². The number of halogens is 3. The van der Waals surface area contributed by atoms with Gasteiger partial charge >= 0.3 is 12.1 Å². The highest BCUT2D eigenvalue weighted by atomic mass is 19.4. The summed E-state index contributed by atoms with van der Waals surface area (Å²) in [5.41, 5.74) is -0.795. The van der Waals surface area contributed by atoms with Crippen LogP contribution in [0.25, 0.3) is 0 Å². The summed E-state index contributed by atoms with van der Waals surface area (Å²) in [4.78, 5) is 23.5. The molecule has 1 saturated carbocycles. The van der Waals surface area contributed by atoms with Crippen LogP contribution >= 0.6 is 0 Å². The second-order valence-corrected chi connectivity index (χ2v) is 6.62. The lowest BCUT2D eigenvalue weighted by atomic mass is 9.88. The molecule has 7 heteroatoms. The number of amides is 1. The first-order chi connectivity index (χ1) is 11.6. The van der Waals surface area contributed by atoms with Crippen molar-refractivity contribution in [2.24, 2.45) is 5.92 Å². The minimum atomic E-state index is -4.38. The van der Waals surface area contributed by atoms with Gasteiger partial charge in [-0.3, -0.25) is 9.59 Å². The summed E-state index contributed by atoms with van der Waals surface area (Å²) in [5, 5.41) is 11.9. The van der Waals surface area contributed by atoms with Crippen molar-refractivity contribution in [2.45, 2.75) is 57.2 Å². The number of carboxylic acid groups (broad SMARTS) is 1. The number of carbonyl (C=O) groups is 2. The number of benzene rings is 1. The molecule has 1 aromatic carbocycles. The summed E-state index contributed by atoms with van der Waals surface area (Å²) in [6, 6.07) is 4.86. The van der Waals surface area contributed by atoms with E-state index < -0.39 is 23.2 Å². The largest absolute Gasteiger partial charge is 0.481 e. The third-order valence-corrected chi connectivity index (χ3v) is 5.02. The van der Waals surface area contributed by atoms with Crippen LogP contribution in [-0.2, 0) is 15.8 Å². The molecule has 4 nitrogen and oxygen atoms in total. The normalized spacial score (nSPS) is 20.2. The maximum Gasteiger partial charge on any atom is 0.416 e. The third-order valence-electron chi connectivity index (χ3n) is 5.02. The van der Waals surface area contributed by atoms with Gasteiger partial charge in [-0.05, 0) is 42.9 Å². The summed E-state index contributed by atoms with van der Waals surface area (Å²) in [6.45, 7) is 3.65. The van der Waals surface area contributed by atoms with Gasteiger partial charge in [-0.2, -0.15) is 13.2 Å². The lowest BCUT2D eigenvalue weighted by Gasteiger charge is -2.31. The first-order valence-corrected chi connectivity index (χ1v) is 8.33. The SMILES string of the molecule is CCC(CC)(CC(=O)O)NC(=O)C1CC1c1ccc(C(F)(F)F)cc1. The van der Waals surface area contributed by atoms with E-state index in [1.54, 1.807) is 0 Å². The molecule has 2 atom stereocenters. The molecule has 1 aliphatic carbocycles. The topological polar surface area (TPSA) is 66.4 Å². The van der Waals surface area contributed by atoms with E-state index in [4.69, 9.17) is 5.11 Å². The Kier molecular flexibility index (Phi) is 5.44. The van der Waals surface area contributed by atoms with Gasteiger partial charge < -0.3 is 10.4 Å². The predicted molar refractivity (Wildman–Crippen MR) is 86.0 cm³/mol. The van der Waals surface area contributed by atoms with Crippen LogP contribution in [0.5, 0.6) is 0 Å². The first kappa shape index (κ1) is 19.3. The number of carboxylic acids is 1. The molecule has 0 radical (unpaired) electrons. The molecule has 1 fully saturated rings. The second-order valence-electron chi connectivity index (χ2n) is 6.62. The van der Waals surface area contributed by atoms with E-state index in [9.17, 15) is 22.8 Å². The number of nitrogens with one attached hydrogen (secondary N) is 1. The van der Waals surface area contributed by atoms with Crippen LogP contribution in [0, 0.1) is 5.92 Å². The van der Waals surface area contributed by atoms with Crippen molar-refractivity contribution in [3.63, 3.8) is 0 Å². The number of aliphatic carboxylic acids is 1. The van der Waals surface area contributed by atoms with Crippen molar-refractivity contribution in [1.82, 2.24) is 5.32 Å². The zero-order valence-corrected chi connectivity index (χ0v) is 14.2. The Morgan fingerprint density at radius 3 is 2.16 bits per heavy atom. The van der Waals surface area contributed by atoms with Crippen molar-refractivity contribution in [1.29, 1.82) is 0 Å². The third kappa shape index (κ3) is 4.52. The predicted octanol–water partition coefficient (Wildman–Crippen LogP) is 3.96. The molecule has 0 aromatic heterocycles. The molecular weight excluding hydrogens is 335 g/mol. The molecule has 2 rings (SSSR count). The van der Waals surface area contributed by atoms with Gasteiger partial charge in [0.1, 0.15) is 0 Å². The molecule has 1 aliphatic rings. The fourth-order valence-electron chi connectivity index (χ4n) is 3.14. The first-order valence-electron chi connectivity index (χ1n) is 8.33. The van der Waals surface area contributed by atoms with E-state index in [2.05, 4.69) is 5.32 Å². The Bertz CT molecular complexity index is 636. The maximum absolute atomic E-state index is 12.6. The highest BCUT2D eigenvalue weighted by Gasteiger charge is 2.46. The second kappa shape index (κ2) is 7.06. The molecule has 0 bridgehead atoms. The lowest BCUT2D eigenvalue weighted by Crippen LogP contribution is -2.49. The van der Waals surface area contributed by atoms with Crippen molar-refractivity contribution in [3.05, 3.63) is 35.4 Å². The van der Waals surface area contributed by atoms with Crippen molar-refractivity contribution in [3.8, 4) is 0 Å². The summed E-state index contributed by atoms with van der Waals surface area (Å²) < 4.78 is 37.8. The van der Waals surface area contributed by atoms with Gasteiger partial charge in [0.25, 0.3) is 0 Å². The minimum absolute atomic E-state index is 0.112. The number of hydrogen-bond acceptors (Lipinski definition) is 2. The molecule has 2 N–H and O–H groups in total. The minimum Gasteiger partial charge on any atom is -0.481 e. The average molecular weight is 357 g/mol. The Morgan fingerprint density at radius 1 is 1.16 bits per heavy atom. The summed E-state index contributed by atoms with van der Waals surface area (Å²) in [6.07, 6.45) is -2.97. The van der Waals surface area contributed by atoms with Crippen molar-refractivity contribution >= 4 is 11.9 Å². The molecule has 0 spiro atoms. The van der Waals surface area contributed by atoms with E-state index >= 15 is 0 Å². The van der Waals surface area contributed by atoms with Crippen LogP contribution in [-0.4, -0.2) is 22.5 Å². The molecule has 0 heterocycles. The molecular formula is C18H22F3NO3. The quantitative estimate of drug-likeness (QED) is 0.776. The van der Waals surface area contributed by atoms with E-state index in [-0.39, 0.29) is 24.2 Å². The van der Waals surface area contributed by atoms with Crippen molar-refractivity contribution < 1.29 is 27.9 Å². The van der Waals surface area contributed by atoms with E-state index in [1.165, 1.54) is 12.1 Å². The van der Waals surface area contributed by atoms with Crippen molar-refractivity contribution in [2.75, 3.05) is 0 Å². The number of alkyl halides is 3. The monoisotopic (exact) mass is 357 g/mol. The van der Waals surface area contributed by atoms with Crippen LogP contribution in [0.1, 0.15) is 56.6 Å². The van der Waals surface area contributed by atoms with Gasteiger partial charge in [0.05, 0.1) is 12.0 Å². The molecule has 2 unspecified atom stereocenters. The van der Waals surface area contributed by atoms with Gasteiger partial charge in [-0.25, -0.2) is 0 Å². The van der Waals surface area contributed by atoms with Gasteiger partial charge in [0.2, 0.25) is 5.91 Å². The molecule has 0 aliphatic heterocycles.